The number of phenols is 1. The lowest BCUT2D eigenvalue weighted by Crippen LogP contribution is -2.26. The Morgan fingerprint density at radius 2 is 2.36 bits per heavy atom. The lowest BCUT2D eigenvalue weighted by Gasteiger charge is -2.21. The summed E-state index contributed by atoms with van der Waals surface area (Å²) in [5.41, 5.74) is 1.04. The molecule has 1 atom stereocenters. The fourth-order valence-corrected chi connectivity index (χ4v) is 2.01. The number of ether oxygens (including phenoxy) is 1. The van der Waals surface area contributed by atoms with Gasteiger partial charge in [-0.25, -0.2) is 0 Å². The molecule has 74 valence electrons. The van der Waals surface area contributed by atoms with Gasteiger partial charge < -0.3 is 9.84 Å². The number of fused-ring (bicyclic) bond motifs is 1. The zero-order chi connectivity index (χ0) is 10.2. The molecule has 0 heterocycles. The van der Waals surface area contributed by atoms with Gasteiger partial charge in [0.25, 0.3) is 0 Å². The Kier molecular flexibility index (Phi) is 2.04. The number of aryl methyl sites for hydroxylation is 1. The Bertz CT molecular complexity index is 373. The third-order valence-corrected chi connectivity index (χ3v) is 2.87. The van der Waals surface area contributed by atoms with Crippen LogP contribution in [0.3, 0.4) is 0 Å². The summed E-state index contributed by atoms with van der Waals surface area (Å²) < 4.78 is 5.25. The second-order valence-corrected chi connectivity index (χ2v) is 3.55. The predicted molar refractivity (Wildman–Crippen MR) is 51.2 cm³/mol. The van der Waals surface area contributed by atoms with Crippen molar-refractivity contribution in [3.63, 3.8) is 0 Å². The highest BCUT2D eigenvalue weighted by molar-refractivity contribution is 5.69. The van der Waals surface area contributed by atoms with E-state index in [1.807, 2.05) is 6.07 Å². The topological polar surface area (TPSA) is 46.5 Å². The highest BCUT2D eigenvalue weighted by atomic mass is 16.5. The van der Waals surface area contributed by atoms with Gasteiger partial charge in [-0.1, -0.05) is 6.07 Å². The van der Waals surface area contributed by atoms with Crippen molar-refractivity contribution in [1.29, 1.82) is 0 Å². The molecular formula is C11H12O3. The summed E-state index contributed by atoms with van der Waals surface area (Å²) in [5.74, 6) is 0.175. The summed E-state index contributed by atoms with van der Waals surface area (Å²) in [6.07, 6.45) is 2.30. The van der Waals surface area contributed by atoms with E-state index >= 15 is 0 Å². The molecule has 0 amide bonds. The molecule has 0 radical (unpaired) electrons. The number of aldehydes is 1. The van der Waals surface area contributed by atoms with Crippen LogP contribution >= 0.6 is 0 Å². The molecule has 0 fully saturated rings. The monoisotopic (exact) mass is 192 g/mol. The number of benzene rings is 1. The van der Waals surface area contributed by atoms with E-state index in [1.54, 1.807) is 12.1 Å². The maximum atomic E-state index is 11.0. The van der Waals surface area contributed by atoms with Crippen LogP contribution in [0.25, 0.3) is 0 Å². The Labute approximate surface area is 82.3 Å². The van der Waals surface area contributed by atoms with E-state index < -0.39 is 5.60 Å². The van der Waals surface area contributed by atoms with E-state index in [0.29, 0.717) is 6.42 Å². The summed E-state index contributed by atoms with van der Waals surface area (Å²) in [6, 6.07) is 5.09. The van der Waals surface area contributed by atoms with E-state index in [2.05, 4.69) is 0 Å². The van der Waals surface area contributed by atoms with Crippen LogP contribution in [0.15, 0.2) is 18.2 Å². The maximum absolute atomic E-state index is 11.0. The van der Waals surface area contributed by atoms with Crippen LogP contribution in [0.5, 0.6) is 5.75 Å². The Balaban J connectivity index is 2.56. The van der Waals surface area contributed by atoms with Crippen LogP contribution in [-0.2, 0) is 21.6 Å². The number of carbonyl (C=O) groups is 1. The van der Waals surface area contributed by atoms with Crippen molar-refractivity contribution in [2.75, 3.05) is 7.11 Å². The number of carbonyl (C=O) groups excluding carboxylic acids is 1. The lowest BCUT2D eigenvalue weighted by atomic mass is 9.97. The highest BCUT2D eigenvalue weighted by Crippen LogP contribution is 2.39. The molecule has 0 aliphatic heterocycles. The average molecular weight is 192 g/mol. The minimum absolute atomic E-state index is 0.175. The summed E-state index contributed by atoms with van der Waals surface area (Å²) >= 11 is 0. The number of aromatic hydroxyl groups is 1. The van der Waals surface area contributed by atoms with Crippen molar-refractivity contribution < 1.29 is 14.6 Å². The van der Waals surface area contributed by atoms with Crippen molar-refractivity contribution in [1.82, 2.24) is 0 Å². The molecule has 2 rings (SSSR count). The average Bonchev–Trinajstić information content (AvgIpc) is 2.57. The first-order valence-electron chi connectivity index (χ1n) is 4.56. The Hall–Kier alpha value is -1.35. The van der Waals surface area contributed by atoms with Crippen molar-refractivity contribution >= 4 is 6.29 Å². The summed E-state index contributed by atoms with van der Waals surface area (Å²) in [7, 11) is 1.52. The van der Waals surface area contributed by atoms with Crippen molar-refractivity contribution in [2.45, 2.75) is 18.4 Å². The van der Waals surface area contributed by atoms with E-state index in [9.17, 15) is 9.90 Å². The van der Waals surface area contributed by atoms with E-state index in [1.165, 1.54) is 7.11 Å². The van der Waals surface area contributed by atoms with Gasteiger partial charge in [-0.3, -0.25) is 4.79 Å². The van der Waals surface area contributed by atoms with Crippen LogP contribution in [0.1, 0.15) is 17.5 Å². The first-order chi connectivity index (χ1) is 6.72. The smallest absolute Gasteiger partial charge is 0.156 e. The van der Waals surface area contributed by atoms with Gasteiger partial charge in [0, 0.05) is 7.11 Å². The molecular weight excluding hydrogens is 180 g/mol. The van der Waals surface area contributed by atoms with Crippen molar-refractivity contribution in [3.8, 4) is 5.75 Å². The van der Waals surface area contributed by atoms with Gasteiger partial charge in [0.15, 0.2) is 6.29 Å². The van der Waals surface area contributed by atoms with Gasteiger partial charge in [-0.05, 0) is 36.1 Å². The first-order valence-corrected chi connectivity index (χ1v) is 4.56. The standard InChI is InChI=1S/C11H12O3/c1-14-11(7-12)5-4-8-2-3-9(13)6-10(8)11/h2-3,6-7,13H,4-5H2,1H3. The molecule has 0 saturated heterocycles. The van der Waals surface area contributed by atoms with E-state index in [0.717, 1.165) is 23.8 Å². The predicted octanol–water partition coefficient (Wildman–Crippen LogP) is 1.38. The molecule has 0 spiro atoms. The van der Waals surface area contributed by atoms with Crippen LogP contribution < -0.4 is 0 Å². The molecule has 3 heteroatoms. The summed E-state index contributed by atoms with van der Waals surface area (Å²) in [6.45, 7) is 0. The lowest BCUT2D eigenvalue weighted by molar-refractivity contribution is -0.128. The van der Waals surface area contributed by atoms with Gasteiger partial charge in [0.05, 0.1) is 0 Å². The number of phenolic OH excluding ortho intramolecular Hbond substituents is 1. The number of hydrogen-bond donors (Lipinski definition) is 1. The number of hydrogen-bond acceptors (Lipinski definition) is 3. The summed E-state index contributed by atoms with van der Waals surface area (Å²) in [4.78, 5) is 11.0. The molecule has 1 aromatic rings. The minimum Gasteiger partial charge on any atom is -0.508 e. The maximum Gasteiger partial charge on any atom is 0.156 e. The molecule has 1 aliphatic carbocycles. The zero-order valence-corrected chi connectivity index (χ0v) is 7.99. The summed E-state index contributed by atoms with van der Waals surface area (Å²) in [5, 5.41) is 9.35. The zero-order valence-electron chi connectivity index (χ0n) is 7.99. The first kappa shape index (κ1) is 9.21. The van der Waals surface area contributed by atoms with Gasteiger partial charge in [0.2, 0.25) is 0 Å². The fourth-order valence-electron chi connectivity index (χ4n) is 2.01. The Morgan fingerprint density at radius 1 is 1.57 bits per heavy atom. The van der Waals surface area contributed by atoms with Crippen LogP contribution in [0.2, 0.25) is 0 Å². The minimum atomic E-state index is -0.839. The molecule has 14 heavy (non-hydrogen) atoms. The third kappa shape index (κ3) is 1.13. The molecule has 1 unspecified atom stereocenters. The number of rotatable bonds is 2. The molecule has 1 aromatic carbocycles. The Morgan fingerprint density at radius 3 is 3.00 bits per heavy atom. The molecule has 1 aliphatic rings. The van der Waals surface area contributed by atoms with Gasteiger partial charge >= 0.3 is 0 Å². The molecule has 1 N–H and O–H groups in total. The fraction of sp³-hybridized carbons (Fsp3) is 0.364. The van der Waals surface area contributed by atoms with Crippen LogP contribution in [0.4, 0.5) is 0 Å². The van der Waals surface area contributed by atoms with Crippen molar-refractivity contribution in [3.05, 3.63) is 29.3 Å². The molecule has 0 saturated carbocycles. The van der Waals surface area contributed by atoms with Crippen LogP contribution in [-0.4, -0.2) is 18.5 Å². The van der Waals surface area contributed by atoms with E-state index in [-0.39, 0.29) is 5.75 Å². The van der Waals surface area contributed by atoms with E-state index in [4.69, 9.17) is 4.74 Å². The second-order valence-electron chi connectivity index (χ2n) is 3.55. The van der Waals surface area contributed by atoms with Gasteiger partial charge in [0.1, 0.15) is 11.4 Å². The van der Waals surface area contributed by atoms with Crippen molar-refractivity contribution in [2.24, 2.45) is 0 Å². The normalized spacial score (nSPS) is 24.6. The number of methoxy groups -OCH3 is 1. The van der Waals surface area contributed by atoms with Gasteiger partial charge in [-0.2, -0.15) is 0 Å². The highest BCUT2D eigenvalue weighted by Gasteiger charge is 2.38. The molecule has 0 bridgehead atoms. The van der Waals surface area contributed by atoms with Gasteiger partial charge in [-0.15, -0.1) is 0 Å². The largest absolute Gasteiger partial charge is 0.508 e. The molecule has 3 nitrogen and oxygen atoms in total. The SMILES string of the molecule is COC1(C=O)CCc2ccc(O)cc21. The van der Waals surface area contributed by atoms with Crippen LogP contribution in [0, 0.1) is 0 Å². The second kappa shape index (κ2) is 3.10. The third-order valence-electron chi connectivity index (χ3n) is 2.87. The quantitative estimate of drug-likeness (QED) is 0.720. The molecule has 0 aromatic heterocycles.